The van der Waals surface area contributed by atoms with Crippen molar-refractivity contribution in [1.29, 1.82) is 0 Å². The minimum Gasteiger partial charge on any atom is -0.496 e. The maximum atomic E-state index is 11.2. The van der Waals surface area contributed by atoms with E-state index in [4.69, 9.17) is 9.72 Å². The smallest absolute Gasteiger partial charge is 0.208 e. The van der Waals surface area contributed by atoms with E-state index in [1.54, 1.807) is 18.4 Å². The summed E-state index contributed by atoms with van der Waals surface area (Å²) >= 11 is 1.60. The minimum absolute atomic E-state index is 0.390. The van der Waals surface area contributed by atoms with Gasteiger partial charge in [0.1, 0.15) is 5.75 Å². The molecule has 156 valence electrons. The molecule has 1 aliphatic carbocycles. The van der Waals surface area contributed by atoms with E-state index in [0.29, 0.717) is 18.5 Å². The molecule has 0 radical (unpaired) electrons. The first-order valence-electron chi connectivity index (χ1n) is 9.74. The zero-order valence-corrected chi connectivity index (χ0v) is 18.7. The quantitative estimate of drug-likeness (QED) is 0.689. The van der Waals surface area contributed by atoms with Gasteiger partial charge in [0.2, 0.25) is 10.0 Å². The Labute approximate surface area is 172 Å². The lowest BCUT2D eigenvalue weighted by atomic mass is 9.86. The molecule has 1 aliphatic rings. The van der Waals surface area contributed by atoms with E-state index in [9.17, 15) is 8.42 Å². The van der Waals surface area contributed by atoms with Crippen molar-refractivity contribution in [2.45, 2.75) is 45.6 Å². The Morgan fingerprint density at radius 2 is 1.86 bits per heavy atom. The third-order valence-corrected chi connectivity index (χ3v) is 6.16. The Balaban J connectivity index is 0.00000136. The first-order chi connectivity index (χ1) is 13.4. The van der Waals surface area contributed by atoms with Crippen LogP contribution in [0.25, 0.3) is 11.3 Å². The molecule has 0 aliphatic heterocycles. The molecule has 3 rings (SSSR count). The molecular weight excluding hydrogens is 394 g/mol. The molecule has 1 fully saturated rings. The Morgan fingerprint density at radius 3 is 2.50 bits per heavy atom. The zero-order valence-electron chi connectivity index (χ0n) is 17.1. The summed E-state index contributed by atoms with van der Waals surface area (Å²) in [6.07, 6.45) is 5.30. The zero-order chi connectivity index (χ0) is 20.6. The van der Waals surface area contributed by atoms with Gasteiger partial charge in [-0.15, -0.1) is 11.3 Å². The van der Waals surface area contributed by atoms with Crippen LogP contribution in [0.3, 0.4) is 0 Å². The van der Waals surface area contributed by atoms with Crippen molar-refractivity contribution < 1.29 is 13.2 Å². The van der Waals surface area contributed by atoms with Crippen molar-refractivity contribution >= 4 is 26.5 Å². The minimum atomic E-state index is -3.10. The molecule has 0 amide bonds. The van der Waals surface area contributed by atoms with Crippen molar-refractivity contribution in [2.75, 3.05) is 25.2 Å². The van der Waals surface area contributed by atoms with Crippen LogP contribution in [0.15, 0.2) is 29.6 Å². The van der Waals surface area contributed by atoms with E-state index in [2.05, 4.69) is 10.0 Å². The van der Waals surface area contributed by atoms with Gasteiger partial charge in [0.15, 0.2) is 5.13 Å². The number of para-hydroxylation sites is 1. The SMILES string of the molecule is CC.COc1ccccc1-c1csc(NC2CCC(CNS(C)(=O)=O)CC2)n1. The van der Waals surface area contributed by atoms with Crippen molar-refractivity contribution in [3.63, 3.8) is 0 Å². The van der Waals surface area contributed by atoms with E-state index < -0.39 is 10.0 Å². The van der Waals surface area contributed by atoms with Crippen molar-refractivity contribution in [1.82, 2.24) is 9.71 Å². The molecule has 8 heteroatoms. The monoisotopic (exact) mass is 425 g/mol. The third kappa shape index (κ3) is 6.76. The molecule has 0 spiro atoms. The molecule has 1 saturated carbocycles. The van der Waals surface area contributed by atoms with Crippen molar-refractivity contribution in [2.24, 2.45) is 5.92 Å². The molecule has 2 N–H and O–H groups in total. The Hall–Kier alpha value is -1.64. The van der Waals surface area contributed by atoms with Gasteiger partial charge in [-0.25, -0.2) is 18.1 Å². The number of anilines is 1. The van der Waals surface area contributed by atoms with Crippen LogP contribution >= 0.6 is 11.3 Å². The molecule has 2 aromatic rings. The lowest BCUT2D eigenvalue weighted by molar-refractivity contribution is 0.337. The van der Waals surface area contributed by atoms with Crippen LogP contribution in [0.5, 0.6) is 5.75 Å². The fraction of sp³-hybridized carbons (Fsp3) is 0.550. The van der Waals surface area contributed by atoms with Gasteiger partial charge in [-0.3, -0.25) is 0 Å². The number of rotatable bonds is 7. The van der Waals surface area contributed by atoms with Crippen LogP contribution in [0.1, 0.15) is 39.5 Å². The molecule has 6 nitrogen and oxygen atoms in total. The summed E-state index contributed by atoms with van der Waals surface area (Å²) in [5.74, 6) is 1.24. The average Bonchev–Trinajstić information content (AvgIpc) is 3.16. The maximum absolute atomic E-state index is 11.2. The lowest BCUT2D eigenvalue weighted by Crippen LogP contribution is -2.33. The summed E-state index contributed by atoms with van der Waals surface area (Å²) < 4.78 is 30.4. The second kappa shape index (κ2) is 10.8. The van der Waals surface area contributed by atoms with Gasteiger partial charge in [0, 0.05) is 23.5 Å². The van der Waals surface area contributed by atoms with Crippen molar-refractivity contribution in [3.05, 3.63) is 29.6 Å². The van der Waals surface area contributed by atoms with Crippen LogP contribution in [-0.2, 0) is 10.0 Å². The first kappa shape index (κ1) is 22.6. The van der Waals surface area contributed by atoms with E-state index in [1.807, 2.05) is 43.5 Å². The van der Waals surface area contributed by atoms with Crippen LogP contribution < -0.4 is 14.8 Å². The van der Waals surface area contributed by atoms with Crippen LogP contribution in [0, 0.1) is 5.92 Å². The fourth-order valence-corrected chi connectivity index (χ4v) is 4.60. The Kier molecular flexibility index (Phi) is 8.72. The van der Waals surface area contributed by atoms with Gasteiger partial charge >= 0.3 is 0 Å². The first-order valence-corrected chi connectivity index (χ1v) is 12.5. The van der Waals surface area contributed by atoms with Gasteiger partial charge in [0.25, 0.3) is 0 Å². The molecule has 1 aromatic heterocycles. The average molecular weight is 426 g/mol. The summed E-state index contributed by atoms with van der Waals surface area (Å²) in [4.78, 5) is 4.71. The number of methoxy groups -OCH3 is 1. The number of hydrogen-bond acceptors (Lipinski definition) is 6. The number of nitrogens with one attached hydrogen (secondary N) is 2. The highest BCUT2D eigenvalue weighted by Crippen LogP contribution is 2.33. The van der Waals surface area contributed by atoms with Crippen LogP contribution in [0.2, 0.25) is 0 Å². The van der Waals surface area contributed by atoms with Crippen molar-refractivity contribution in [3.8, 4) is 17.0 Å². The number of benzene rings is 1. The Bertz CT molecular complexity index is 829. The van der Waals surface area contributed by atoms with Crippen LogP contribution in [0.4, 0.5) is 5.13 Å². The number of nitrogens with zero attached hydrogens (tertiary/aromatic N) is 1. The lowest BCUT2D eigenvalue weighted by Gasteiger charge is -2.28. The van der Waals surface area contributed by atoms with Gasteiger partial charge in [-0.1, -0.05) is 26.0 Å². The molecule has 0 unspecified atom stereocenters. The molecule has 28 heavy (non-hydrogen) atoms. The maximum Gasteiger partial charge on any atom is 0.208 e. The molecule has 1 aromatic carbocycles. The number of aromatic nitrogens is 1. The second-order valence-electron chi connectivity index (χ2n) is 6.72. The summed E-state index contributed by atoms with van der Waals surface area (Å²) in [5, 5.41) is 6.49. The predicted octanol–water partition coefficient (Wildman–Crippen LogP) is 4.36. The molecule has 1 heterocycles. The van der Waals surface area contributed by atoms with Gasteiger partial charge < -0.3 is 10.1 Å². The third-order valence-electron chi connectivity index (χ3n) is 4.70. The summed E-state index contributed by atoms with van der Waals surface area (Å²) in [6.45, 7) is 4.54. The van der Waals surface area contributed by atoms with E-state index in [0.717, 1.165) is 47.8 Å². The molecule has 0 bridgehead atoms. The van der Waals surface area contributed by atoms with E-state index >= 15 is 0 Å². The van der Waals surface area contributed by atoms with Gasteiger partial charge in [-0.05, 0) is 43.7 Å². The number of sulfonamides is 1. The fourth-order valence-electron chi connectivity index (χ4n) is 3.27. The second-order valence-corrected chi connectivity index (χ2v) is 9.41. The number of thiazole rings is 1. The highest BCUT2D eigenvalue weighted by Gasteiger charge is 2.22. The van der Waals surface area contributed by atoms with E-state index in [-0.39, 0.29) is 0 Å². The van der Waals surface area contributed by atoms with E-state index in [1.165, 1.54) is 6.26 Å². The summed E-state index contributed by atoms with van der Waals surface area (Å²) in [5.41, 5.74) is 1.91. The predicted molar refractivity (Wildman–Crippen MR) is 118 cm³/mol. The standard InChI is InChI=1S/C18H25N3O3S2.C2H6/c1-24-17-6-4-3-5-15(17)16-12-25-18(21-16)20-14-9-7-13(8-10-14)11-19-26(2,22)23;1-2/h3-6,12-14,19H,7-11H2,1-2H3,(H,20,21);1-2H3. The van der Waals surface area contributed by atoms with Gasteiger partial charge in [-0.2, -0.15) is 0 Å². The van der Waals surface area contributed by atoms with Gasteiger partial charge in [0.05, 0.1) is 19.1 Å². The Morgan fingerprint density at radius 1 is 1.18 bits per heavy atom. The highest BCUT2D eigenvalue weighted by atomic mass is 32.2. The number of ether oxygens (including phenoxy) is 1. The molecule has 0 atom stereocenters. The largest absolute Gasteiger partial charge is 0.496 e. The number of hydrogen-bond donors (Lipinski definition) is 2. The normalized spacial score (nSPS) is 19.4. The summed E-state index contributed by atoms with van der Waals surface area (Å²) in [6, 6.07) is 8.27. The molecule has 0 saturated heterocycles. The highest BCUT2D eigenvalue weighted by molar-refractivity contribution is 7.88. The topological polar surface area (TPSA) is 80.3 Å². The molecular formula is C20H31N3O3S2. The van der Waals surface area contributed by atoms with Crippen LogP contribution in [-0.4, -0.2) is 39.4 Å². The summed E-state index contributed by atoms with van der Waals surface area (Å²) in [7, 11) is -1.43.